The molecule has 26 heavy (non-hydrogen) atoms. The van der Waals surface area contributed by atoms with Gasteiger partial charge in [-0.1, -0.05) is 13.0 Å². The van der Waals surface area contributed by atoms with Crippen LogP contribution >= 0.6 is 36.2 Å². The Hall–Kier alpha value is -1.25. The van der Waals surface area contributed by atoms with Crippen molar-refractivity contribution in [2.45, 2.75) is 26.3 Å². The van der Waals surface area contributed by atoms with Crippen LogP contribution in [0.2, 0.25) is 0 Å². The lowest BCUT2D eigenvalue weighted by Crippen LogP contribution is -2.48. The first-order valence-electron chi connectivity index (χ1n) is 8.28. The van der Waals surface area contributed by atoms with Gasteiger partial charge in [0.1, 0.15) is 0 Å². The van der Waals surface area contributed by atoms with Crippen LogP contribution in [0.1, 0.15) is 29.1 Å². The number of anilines is 1. The molecule has 1 unspecified atom stereocenters. The summed E-state index contributed by atoms with van der Waals surface area (Å²) < 4.78 is 0. The fourth-order valence-electron chi connectivity index (χ4n) is 2.99. The highest BCUT2D eigenvalue weighted by Crippen LogP contribution is 2.24. The summed E-state index contributed by atoms with van der Waals surface area (Å²) in [6, 6.07) is 4.17. The van der Waals surface area contributed by atoms with Crippen LogP contribution in [0.25, 0.3) is 0 Å². The van der Waals surface area contributed by atoms with Gasteiger partial charge in [-0.2, -0.15) is 0 Å². The summed E-state index contributed by atoms with van der Waals surface area (Å²) in [5.74, 6) is -0.0119. The highest BCUT2D eigenvalue weighted by atomic mass is 35.5. The van der Waals surface area contributed by atoms with Gasteiger partial charge in [0.15, 0.2) is 5.13 Å². The number of hydrogen-bond acceptors (Lipinski definition) is 6. The Morgan fingerprint density at radius 3 is 2.92 bits per heavy atom. The van der Waals surface area contributed by atoms with E-state index < -0.39 is 0 Å². The number of carbonyl (C=O) groups excluding carboxylic acids is 1. The topological polar surface area (TPSA) is 70.2 Å². The zero-order chi connectivity index (χ0) is 16.9. The Kier molecular flexibility index (Phi) is 9.46. The van der Waals surface area contributed by atoms with Gasteiger partial charge in [-0.25, -0.2) is 4.98 Å². The normalized spacial score (nSPS) is 17.1. The fraction of sp³-hybridized carbons (Fsp3) is 0.471. The van der Waals surface area contributed by atoms with Crippen LogP contribution in [-0.4, -0.2) is 47.0 Å². The van der Waals surface area contributed by atoms with E-state index in [1.807, 2.05) is 19.2 Å². The molecule has 144 valence electrons. The largest absolute Gasteiger partial charge is 0.314 e. The zero-order valence-corrected chi connectivity index (χ0v) is 17.3. The summed E-state index contributed by atoms with van der Waals surface area (Å²) in [5, 5.41) is 7.04. The van der Waals surface area contributed by atoms with E-state index in [4.69, 9.17) is 0 Å². The fourth-order valence-corrected chi connectivity index (χ4v) is 3.91. The van der Waals surface area contributed by atoms with Crippen molar-refractivity contribution in [3.8, 4) is 0 Å². The van der Waals surface area contributed by atoms with Crippen molar-refractivity contribution in [3.63, 3.8) is 0 Å². The first-order chi connectivity index (χ1) is 11.7. The molecule has 1 aliphatic heterocycles. The number of aryl methyl sites for hydroxylation is 2. The van der Waals surface area contributed by atoms with Crippen LogP contribution in [0.15, 0.2) is 24.5 Å². The van der Waals surface area contributed by atoms with Crippen LogP contribution in [0.4, 0.5) is 5.13 Å². The minimum absolute atomic E-state index is 0. The van der Waals surface area contributed by atoms with Gasteiger partial charge in [-0.05, 0) is 25.0 Å². The second-order valence-electron chi connectivity index (χ2n) is 5.90. The van der Waals surface area contributed by atoms with E-state index in [-0.39, 0.29) is 36.8 Å². The van der Waals surface area contributed by atoms with Crippen molar-refractivity contribution >= 4 is 47.2 Å². The molecule has 1 saturated heterocycles. The Bertz CT molecular complexity index is 698. The lowest BCUT2D eigenvalue weighted by molar-refractivity contribution is -0.118. The number of pyridine rings is 1. The summed E-state index contributed by atoms with van der Waals surface area (Å²) in [5.41, 5.74) is 2.20. The van der Waals surface area contributed by atoms with Crippen LogP contribution in [0, 0.1) is 6.92 Å². The van der Waals surface area contributed by atoms with Crippen LogP contribution < -0.4 is 10.6 Å². The Labute approximate surface area is 170 Å². The van der Waals surface area contributed by atoms with Crippen molar-refractivity contribution in [3.05, 3.63) is 40.7 Å². The van der Waals surface area contributed by atoms with Crippen LogP contribution in [0.5, 0.6) is 0 Å². The van der Waals surface area contributed by atoms with E-state index in [1.165, 1.54) is 4.88 Å². The molecule has 1 aliphatic rings. The van der Waals surface area contributed by atoms with Crippen molar-refractivity contribution in [1.29, 1.82) is 0 Å². The van der Waals surface area contributed by atoms with Gasteiger partial charge in [-0.15, -0.1) is 36.2 Å². The number of hydrogen-bond donors (Lipinski definition) is 2. The molecular weight excluding hydrogens is 393 g/mol. The number of halogens is 2. The van der Waals surface area contributed by atoms with E-state index >= 15 is 0 Å². The SMILES string of the molecule is CCc1nc(NC(=O)CN2CCNCC2c2cccnc2)sc1C.Cl.Cl. The van der Waals surface area contributed by atoms with Gasteiger partial charge in [0, 0.05) is 42.9 Å². The molecule has 2 N–H and O–H groups in total. The van der Waals surface area contributed by atoms with E-state index in [0.717, 1.165) is 37.3 Å². The smallest absolute Gasteiger partial charge is 0.240 e. The monoisotopic (exact) mass is 417 g/mol. The van der Waals surface area contributed by atoms with Crippen LogP contribution in [0.3, 0.4) is 0 Å². The van der Waals surface area contributed by atoms with E-state index in [2.05, 4.69) is 38.5 Å². The number of rotatable bonds is 5. The van der Waals surface area contributed by atoms with Gasteiger partial charge >= 0.3 is 0 Å². The van der Waals surface area contributed by atoms with Crippen molar-refractivity contribution in [1.82, 2.24) is 20.2 Å². The highest BCUT2D eigenvalue weighted by molar-refractivity contribution is 7.15. The average molecular weight is 418 g/mol. The van der Waals surface area contributed by atoms with Gasteiger partial charge in [0.2, 0.25) is 5.91 Å². The highest BCUT2D eigenvalue weighted by Gasteiger charge is 2.25. The number of carbonyl (C=O) groups is 1. The predicted octanol–water partition coefficient (Wildman–Crippen LogP) is 2.84. The van der Waals surface area contributed by atoms with Gasteiger partial charge in [-0.3, -0.25) is 14.7 Å². The van der Waals surface area contributed by atoms with E-state index in [9.17, 15) is 4.79 Å². The molecule has 0 radical (unpaired) electrons. The number of piperazine rings is 1. The Balaban J connectivity index is 0.00000169. The second kappa shape index (κ2) is 10.8. The van der Waals surface area contributed by atoms with Crippen molar-refractivity contribution in [2.75, 3.05) is 31.5 Å². The van der Waals surface area contributed by atoms with Gasteiger partial charge in [0.05, 0.1) is 12.2 Å². The van der Waals surface area contributed by atoms with E-state index in [1.54, 1.807) is 17.5 Å². The molecule has 6 nitrogen and oxygen atoms in total. The second-order valence-corrected chi connectivity index (χ2v) is 7.10. The number of nitrogens with one attached hydrogen (secondary N) is 2. The van der Waals surface area contributed by atoms with Gasteiger partial charge in [0.25, 0.3) is 0 Å². The van der Waals surface area contributed by atoms with Crippen molar-refractivity contribution < 1.29 is 4.79 Å². The first-order valence-corrected chi connectivity index (χ1v) is 9.10. The van der Waals surface area contributed by atoms with Crippen LogP contribution in [-0.2, 0) is 11.2 Å². The summed E-state index contributed by atoms with van der Waals surface area (Å²) in [7, 11) is 0. The molecule has 0 aliphatic carbocycles. The number of aromatic nitrogens is 2. The standard InChI is InChI=1S/C17H23N5OS.2ClH/c1-3-14-12(2)24-17(20-14)21-16(23)11-22-8-7-19-10-15(22)13-5-4-6-18-9-13;;/h4-6,9,15,19H,3,7-8,10-11H2,1-2H3,(H,20,21,23);2*1H. The Morgan fingerprint density at radius 1 is 1.46 bits per heavy atom. The molecule has 0 spiro atoms. The van der Waals surface area contributed by atoms with Gasteiger partial charge < -0.3 is 10.6 Å². The first kappa shape index (κ1) is 22.8. The van der Waals surface area contributed by atoms with E-state index in [0.29, 0.717) is 11.7 Å². The third-order valence-electron chi connectivity index (χ3n) is 4.24. The molecule has 1 fully saturated rings. The van der Waals surface area contributed by atoms with Crippen molar-refractivity contribution in [2.24, 2.45) is 0 Å². The molecule has 0 bridgehead atoms. The molecule has 0 aromatic carbocycles. The predicted molar refractivity (Wildman–Crippen MR) is 111 cm³/mol. The third kappa shape index (κ3) is 5.62. The molecule has 2 aromatic heterocycles. The molecule has 9 heteroatoms. The molecule has 1 amide bonds. The number of amides is 1. The summed E-state index contributed by atoms with van der Waals surface area (Å²) >= 11 is 1.54. The minimum Gasteiger partial charge on any atom is -0.314 e. The Morgan fingerprint density at radius 2 is 2.27 bits per heavy atom. The molecule has 3 heterocycles. The zero-order valence-electron chi connectivity index (χ0n) is 14.9. The molecular formula is C17H25Cl2N5OS. The maximum Gasteiger partial charge on any atom is 0.240 e. The molecule has 0 saturated carbocycles. The maximum absolute atomic E-state index is 12.4. The molecule has 2 aromatic rings. The summed E-state index contributed by atoms with van der Waals surface area (Å²) in [6.45, 7) is 7.04. The molecule has 1 atom stereocenters. The average Bonchev–Trinajstić information content (AvgIpc) is 2.95. The molecule has 3 rings (SSSR count). The number of thiazole rings is 1. The number of nitrogens with zero attached hydrogens (tertiary/aromatic N) is 3. The third-order valence-corrected chi connectivity index (χ3v) is 5.17. The lowest BCUT2D eigenvalue weighted by atomic mass is 10.1. The quantitative estimate of drug-likeness (QED) is 0.782. The maximum atomic E-state index is 12.4. The summed E-state index contributed by atoms with van der Waals surface area (Å²) in [6.07, 6.45) is 4.53. The summed E-state index contributed by atoms with van der Waals surface area (Å²) in [4.78, 5) is 24.5. The minimum atomic E-state index is -0.0119. The lowest BCUT2D eigenvalue weighted by Gasteiger charge is -2.35.